The van der Waals surface area contributed by atoms with E-state index in [0.29, 0.717) is 35.4 Å². The number of carbonyl (C=O) groups is 2. The van der Waals surface area contributed by atoms with Crippen LogP contribution >= 0.6 is 0 Å². The van der Waals surface area contributed by atoms with Crippen molar-refractivity contribution in [2.45, 2.75) is 25.0 Å². The van der Waals surface area contributed by atoms with Gasteiger partial charge in [0.1, 0.15) is 12.4 Å². The number of carboxylic acid groups (broad SMARTS) is 1. The van der Waals surface area contributed by atoms with E-state index in [1.165, 1.54) is 13.2 Å². The molecule has 0 unspecified atom stereocenters. The van der Waals surface area contributed by atoms with Crippen molar-refractivity contribution in [2.75, 3.05) is 25.6 Å². The van der Waals surface area contributed by atoms with Crippen LogP contribution in [0, 0.1) is 11.3 Å². The van der Waals surface area contributed by atoms with E-state index in [1.807, 2.05) is 6.07 Å². The lowest BCUT2D eigenvalue weighted by Gasteiger charge is -2.27. The van der Waals surface area contributed by atoms with Gasteiger partial charge in [-0.3, -0.25) is 5.32 Å². The number of para-hydroxylation sites is 1. The summed E-state index contributed by atoms with van der Waals surface area (Å²) in [4.78, 5) is 23.4. The molecule has 0 aliphatic carbocycles. The van der Waals surface area contributed by atoms with Crippen molar-refractivity contribution in [3.63, 3.8) is 0 Å². The molecule has 0 spiro atoms. The van der Waals surface area contributed by atoms with Crippen LogP contribution in [0.1, 0.15) is 30.1 Å². The molecule has 2 atom stereocenters. The topological polar surface area (TPSA) is 138 Å². The maximum atomic E-state index is 12.7. The number of ether oxygens (including phenoxy) is 3. The maximum absolute atomic E-state index is 12.7. The number of carboxylic acids is 1. The average molecular weight is 454 g/mol. The van der Waals surface area contributed by atoms with Crippen molar-refractivity contribution < 1.29 is 34.0 Å². The van der Waals surface area contributed by atoms with Gasteiger partial charge in [0.05, 0.1) is 24.3 Å². The van der Waals surface area contributed by atoms with Crippen LogP contribution in [0.3, 0.4) is 0 Å². The molecule has 1 amide bonds. The molecule has 0 saturated carbocycles. The zero-order valence-electron chi connectivity index (χ0n) is 18.1. The molecular weight excluding hydrogens is 428 g/mol. The van der Waals surface area contributed by atoms with Crippen LogP contribution in [0.25, 0.3) is 0 Å². The number of nitrogens with one attached hydrogen (secondary N) is 1. The Morgan fingerprint density at radius 1 is 1.18 bits per heavy atom. The Morgan fingerprint density at radius 3 is 2.55 bits per heavy atom. The molecule has 33 heavy (non-hydrogen) atoms. The van der Waals surface area contributed by atoms with E-state index in [0.717, 1.165) is 6.08 Å². The van der Waals surface area contributed by atoms with Gasteiger partial charge in [0.2, 0.25) is 0 Å². The summed E-state index contributed by atoms with van der Waals surface area (Å²) in [5.41, 5.74) is 1.44. The summed E-state index contributed by atoms with van der Waals surface area (Å²) < 4.78 is 16.9. The predicted molar refractivity (Wildman–Crippen MR) is 120 cm³/mol. The Hall–Kier alpha value is -3.87. The van der Waals surface area contributed by atoms with E-state index in [9.17, 15) is 9.59 Å². The molecule has 2 aromatic carbocycles. The first-order valence-electron chi connectivity index (χ1n) is 10.2. The highest BCUT2D eigenvalue weighted by Gasteiger charge is 2.29. The predicted octanol–water partition coefficient (Wildman–Crippen LogP) is 3.66. The van der Waals surface area contributed by atoms with Gasteiger partial charge in [-0.2, -0.15) is 5.26 Å². The van der Waals surface area contributed by atoms with Gasteiger partial charge in [-0.25, -0.2) is 9.59 Å². The van der Waals surface area contributed by atoms with E-state index < -0.39 is 24.3 Å². The van der Waals surface area contributed by atoms with Gasteiger partial charge in [0.25, 0.3) is 0 Å². The minimum atomic E-state index is -1.05. The van der Waals surface area contributed by atoms with E-state index in [2.05, 4.69) is 5.32 Å². The number of rotatable bonds is 12. The van der Waals surface area contributed by atoms with E-state index in [4.69, 9.17) is 29.7 Å². The number of allylic oxidation sites excluding steroid dienone is 1. The van der Waals surface area contributed by atoms with Crippen molar-refractivity contribution in [1.82, 2.24) is 0 Å². The lowest BCUT2D eigenvalue weighted by Crippen LogP contribution is -2.28. The molecule has 2 rings (SSSR count). The molecule has 9 nitrogen and oxygen atoms in total. The third-order valence-corrected chi connectivity index (χ3v) is 4.59. The molecule has 0 aliphatic heterocycles. The number of hydrogen-bond acceptors (Lipinski definition) is 7. The molecule has 3 N–H and O–H groups in total. The second kappa shape index (κ2) is 13.5. The lowest BCUT2D eigenvalue weighted by atomic mass is 9.99. The van der Waals surface area contributed by atoms with Crippen molar-refractivity contribution >= 4 is 17.7 Å². The SMILES string of the molecule is CO[C@H](CC/C=C/C(=O)O)[C@H](OC(=O)Nc1ccc(C#N)cc1)c1ccccc1OCCO. The summed E-state index contributed by atoms with van der Waals surface area (Å²) in [7, 11) is 1.47. The fourth-order valence-electron chi connectivity index (χ4n) is 3.07. The first-order valence-corrected chi connectivity index (χ1v) is 10.2. The van der Waals surface area contributed by atoms with Gasteiger partial charge in [0, 0.05) is 24.4 Å². The molecule has 0 bridgehead atoms. The van der Waals surface area contributed by atoms with Crippen molar-refractivity contribution in [1.29, 1.82) is 5.26 Å². The van der Waals surface area contributed by atoms with Crippen LogP contribution in [0.5, 0.6) is 5.75 Å². The van der Waals surface area contributed by atoms with Gasteiger partial charge in [-0.05, 0) is 43.2 Å². The third-order valence-electron chi connectivity index (χ3n) is 4.59. The molecule has 0 aromatic heterocycles. The minimum absolute atomic E-state index is 0.0557. The smallest absolute Gasteiger partial charge is 0.412 e. The average Bonchev–Trinajstić information content (AvgIpc) is 2.82. The van der Waals surface area contributed by atoms with E-state index in [1.54, 1.807) is 48.5 Å². The molecule has 0 radical (unpaired) electrons. The molecule has 0 fully saturated rings. The number of aliphatic carboxylic acids is 1. The number of nitriles is 1. The van der Waals surface area contributed by atoms with Crippen LogP contribution in [0.4, 0.5) is 10.5 Å². The quantitative estimate of drug-likeness (QED) is 0.413. The van der Waals surface area contributed by atoms with Crippen LogP contribution in [0.2, 0.25) is 0 Å². The number of aliphatic hydroxyl groups excluding tert-OH is 1. The maximum Gasteiger partial charge on any atom is 0.412 e. The summed E-state index contributed by atoms with van der Waals surface area (Å²) in [6, 6.07) is 15.2. The zero-order chi connectivity index (χ0) is 24.1. The minimum Gasteiger partial charge on any atom is -0.491 e. The van der Waals surface area contributed by atoms with Gasteiger partial charge in [-0.15, -0.1) is 0 Å². The highest BCUT2D eigenvalue weighted by atomic mass is 16.6. The highest BCUT2D eigenvalue weighted by Crippen LogP contribution is 2.33. The number of benzene rings is 2. The van der Waals surface area contributed by atoms with Gasteiger partial charge in [-0.1, -0.05) is 24.3 Å². The van der Waals surface area contributed by atoms with Crippen molar-refractivity contribution in [3.8, 4) is 11.8 Å². The zero-order valence-corrected chi connectivity index (χ0v) is 18.1. The lowest BCUT2D eigenvalue weighted by molar-refractivity contribution is -0.131. The fourth-order valence-corrected chi connectivity index (χ4v) is 3.07. The third kappa shape index (κ3) is 8.29. The van der Waals surface area contributed by atoms with Crippen LogP contribution in [0.15, 0.2) is 60.7 Å². The standard InChI is InChI=1S/C24H26N2O7/c1-31-21(8-4-5-9-22(28)29)23(19-6-2-3-7-20(19)32-15-14-27)33-24(30)26-18-12-10-17(16-25)11-13-18/h2-3,5-7,9-13,21,23,27H,4,8,14-15H2,1H3,(H,26,30)(H,28,29)/b9-5+/t21-,23-/m1/s1. The molecule has 0 heterocycles. The summed E-state index contributed by atoms with van der Waals surface area (Å²) >= 11 is 0. The first kappa shape index (κ1) is 25.4. The van der Waals surface area contributed by atoms with Gasteiger partial charge in [0.15, 0.2) is 6.10 Å². The second-order valence-corrected chi connectivity index (χ2v) is 6.84. The number of hydrogen-bond donors (Lipinski definition) is 3. The Labute approximate surface area is 191 Å². The number of amides is 1. The largest absolute Gasteiger partial charge is 0.491 e. The summed E-state index contributed by atoms with van der Waals surface area (Å²) in [5.74, 6) is -0.632. The van der Waals surface area contributed by atoms with Crippen LogP contribution in [-0.4, -0.2) is 48.7 Å². The Kier molecular flexibility index (Phi) is 10.4. The van der Waals surface area contributed by atoms with Crippen LogP contribution in [-0.2, 0) is 14.3 Å². The highest BCUT2D eigenvalue weighted by molar-refractivity contribution is 5.84. The molecule has 2 aromatic rings. The summed E-state index contributed by atoms with van der Waals surface area (Å²) in [6.45, 7) is -0.132. The normalized spacial score (nSPS) is 12.5. The summed E-state index contributed by atoms with van der Waals surface area (Å²) in [6.07, 6.45) is 1.03. The molecular formula is C24H26N2O7. The number of carbonyl (C=O) groups excluding carboxylic acids is 1. The summed E-state index contributed by atoms with van der Waals surface area (Å²) in [5, 5.41) is 29.4. The number of nitrogens with zero attached hydrogens (tertiary/aromatic N) is 1. The van der Waals surface area contributed by atoms with E-state index >= 15 is 0 Å². The molecule has 0 aliphatic rings. The Bertz CT molecular complexity index is 983. The first-order chi connectivity index (χ1) is 16.0. The van der Waals surface area contributed by atoms with Crippen molar-refractivity contribution in [3.05, 3.63) is 71.8 Å². The molecule has 9 heteroatoms. The monoisotopic (exact) mass is 454 g/mol. The Balaban J connectivity index is 2.26. The number of methoxy groups -OCH3 is 1. The van der Waals surface area contributed by atoms with Gasteiger partial charge < -0.3 is 24.4 Å². The second-order valence-electron chi connectivity index (χ2n) is 6.84. The fraction of sp³-hybridized carbons (Fsp3) is 0.292. The van der Waals surface area contributed by atoms with Gasteiger partial charge >= 0.3 is 12.1 Å². The van der Waals surface area contributed by atoms with Crippen LogP contribution < -0.4 is 10.1 Å². The van der Waals surface area contributed by atoms with E-state index in [-0.39, 0.29) is 13.2 Å². The number of anilines is 1. The Morgan fingerprint density at radius 2 is 1.91 bits per heavy atom. The molecule has 174 valence electrons. The molecule has 0 saturated heterocycles. The van der Waals surface area contributed by atoms with Crippen molar-refractivity contribution in [2.24, 2.45) is 0 Å². The number of aliphatic hydroxyl groups is 1.